The zero-order chi connectivity index (χ0) is 11.4. The molecule has 2 unspecified atom stereocenters. The number of ether oxygens (including phenoxy) is 1. The molecule has 2 atom stereocenters. The van der Waals surface area contributed by atoms with Gasteiger partial charge in [-0.25, -0.2) is 0 Å². The molecule has 1 saturated heterocycles. The molecule has 1 fully saturated rings. The molecule has 1 aromatic heterocycles. The first-order valence-corrected chi connectivity index (χ1v) is 5.74. The van der Waals surface area contributed by atoms with E-state index < -0.39 is 0 Å². The van der Waals surface area contributed by atoms with Crippen LogP contribution in [0.5, 0.6) is 0 Å². The van der Waals surface area contributed by atoms with Crippen molar-refractivity contribution in [1.29, 1.82) is 0 Å². The van der Waals surface area contributed by atoms with Crippen molar-refractivity contribution < 1.29 is 13.9 Å². The first-order chi connectivity index (χ1) is 7.81. The highest BCUT2D eigenvalue weighted by atomic mass is 16.5. The lowest BCUT2D eigenvalue weighted by Gasteiger charge is -2.16. The summed E-state index contributed by atoms with van der Waals surface area (Å²) in [5.41, 5.74) is 0. The van der Waals surface area contributed by atoms with Crippen molar-refractivity contribution in [3.05, 3.63) is 24.2 Å². The van der Waals surface area contributed by atoms with Crippen LogP contribution in [0.2, 0.25) is 0 Å². The van der Waals surface area contributed by atoms with Crippen molar-refractivity contribution >= 4 is 5.91 Å². The number of amides is 1. The number of carbonyl (C=O) groups excluding carboxylic acids is 1. The predicted octanol–water partition coefficient (Wildman–Crippen LogP) is 1.82. The second kappa shape index (κ2) is 5.16. The van der Waals surface area contributed by atoms with Gasteiger partial charge < -0.3 is 14.5 Å². The number of furan rings is 1. The average Bonchev–Trinajstić information content (AvgIpc) is 2.96. The summed E-state index contributed by atoms with van der Waals surface area (Å²) in [6.07, 6.45) is 3.82. The molecule has 4 heteroatoms. The van der Waals surface area contributed by atoms with Crippen LogP contribution >= 0.6 is 0 Å². The first-order valence-electron chi connectivity index (χ1n) is 5.74. The van der Waals surface area contributed by atoms with E-state index in [1.807, 2.05) is 0 Å². The van der Waals surface area contributed by atoms with Crippen LogP contribution in [0, 0.1) is 5.92 Å². The SMILES string of the molecule is CCC1OCCC1CNC(=O)c1ccco1. The van der Waals surface area contributed by atoms with E-state index in [1.165, 1.54) is 6.26 Å². The summed E-state index contributed by atoms with van der Waals surface area (Å²) in [5.74, 6) is 0.655. The van der Waals surface area contributed by atoms with Gasteiger partial charge in [0.15, 0.2) is 5.76 Å². The van der Waals surface area contributed by atoms with Crippen LogP contribution < -0.4 is 5.32 Å². The fourth-order valence-corrected chi connectivity index (χ4v) is 2.10. The van der Waals surface area contributed by atoms with Gasteiger partial charge >= 0.3 is 0 Å². The third-order valence-corrected chi connectivity index (χ3v) is 3.02. The van der Waals surface area contributed by atoms with E-state index in [9.17, 15) is 4.79 Å². The Labute approximate surface area is 95.0 Å². The van der Waals surface area contributed by atoms with Gasteiger partial charge in [-0.15, -0.1) is 0 Å². The van der Waals surface area contributed by atoms with E-state index >= 15 is 0 Å². The van der Waals surface area contributed by atoms with Gasteiger partial charge in [0, 0.05) is 19.1 Å². The summed E-state index contributed by atoms with van der Waals surface area (Å²) >= 11 is 0. The van der Waals surface area contributed by atoms with E-state index in [2.05, 4.69) is 12.2 Å². The lowest BCUT2D eigenvalue weighted by atomic mass is 10.00. The lowest BCUT2D eigenvalue weighted by molar-refractivity contribution is 0.0815. The number of hydrogen-bond acceptors (Lipinski definition) is 3. The fourth-order valence-electron chi connectivity index (χ4n) is 2.10. The molecule has 0 spiro atoms. The van der Waals surface area contributed by atoms with Crippen LogP contribution in [0.4, 0.5) is 0 Å². The second-order valence-corrected chi connectivity index (χ2v) is 4.05. The Bertz CT molecular complexity index is 334. The Morgan fingerprint density at radius 2 is 2.50 bits per heavy atom. The van der Waals surface area contributed by atoms with E-state index in [0.717, 1.165) is 19.4 Å². The molecule has 2 heterocycles. The van der Waals surface area contributed by atoms with E-state index in [0.29, 0.717) is 18.2 Å². The molecule has 1 N–H and O–H groups in total. The Balaban J connectivity index is 1.81. The van der Waals surface area contributed by atoms with Crippen LogP contribution in [-0.4, -0.2) is 25.2 Å². The zero-order valence-electron chi connectivity index (χ0n) is 9.44. The van der Waals surface area contributed by atoms with Gasteiger partial charge in [0.1, 0.15) is 0 Å². The molecule has 0 radical (unpaired) electrons. The maximum Gasteiger partial charge on any atom is 0.286 e. The molecule has 2 rings (SSSR count). The molecular formula is C12H17NO3. The summed E-state index contributed by atoms with van der Waals surface area (Å²) < 4.78 is 10.6. The third-order valence-electron chi connectivity index (χ3n) is 3.02. The monoisotopic (exact) mass is 223 g/mol. The van der Waals surface area contributed by atoms with Crippen molar-refractivity contribution in [1.82, 2.24) is 5.32 Å². The van der Waals surface area contributed by atoms with Gasteiger partial charge in [-0.1, -0.05) is 6.92 Å². The summed E-state index contributed by atoms with van der Waals surface area (Å²) in [6.45, 7) is 3.58. The summed E-state index contributed by atoms with van der Waals surface area (Å²) in [5, 5.41) is 2.88. The van der Waals surface area contributed by atoms with Crippen molar-refractivity contribution in [3.63, 3.8) is 0 Å². The van der Waals surface area contributed by atoms with Crippen LogP contribution in [0.25, 0.3) is 0 Å². The van der Waals surface area contributed by atoms with Crippen molar-refractivity contribution in [2.24, 2.45) is 5.92 Å². The fraction of sp³-hybridized carbons (Fsp3) is 0.583. The van der Waals surface area contributed by atoms with E-state index in [1.54, 1.807) is 12.1 Å². The van der Waals surface area contributed by atoms with Gasteiger partial charge in [0.2, 0.25) is 0 Å². The van der Waals surface area contributed by atoms with Gasteiger partial charge in [-0.05, 0) is 25.0 Å². The Morgan fingerprint density at radius 3 is 3.19 bits per heavy atom. The molecule has 16 heavy (non-hydrogen) atoms. The Hall–Kier alpha value is -1.29. The molecule has 1 aliphatic heterocycles. The van der Waals surface area contributed by atoms with Crippen molar-refractivity contribution in [3.8, 4) is 0 Å². The number of nitrogens with one attached hydrogen (secondary N) is 1. The Kier molecular flexibility index (Phi) is 3.62. The molecule has 1 amide bonds. The largest absolute Gasteiger partial charge is 0.459 e. The van der Waals surface area contributed by atoms with Crippen LogP contribution in [0.1, 0.15) is 30.3 Å². The summed E-state index contributed by atoms with van der Waals surface area (Å²) in [4.78, 5) is 11.6. The standard InChI is InChI=1S/C12H17NO3/c1-2-10-9(5-7-16-10)8-13-12(14)11-4-3-6-15-11/h3-4,6,9-10H,2,5,7-8H2,1H3,(H,13,14). The highest BCUT2D eigenvalue weighted by molar-refractivity contribution is 5.91. The quantitative estimate of drug-likeness (QED) is 0.847. The molecule has 0 bridgehead atoms. The Morgan fingerprint density at radius 1 is 1.62 bits per heavy atom. The molecule has 0 aromatic carbocycles. The number of carbonyl (C=O) groups is 1. The highest BCUT2D eigenvalue weighted by Crippen LogP contribution is 2.22. The molecule has 4 nitrogen and oxygen atoms in total. The van der Waals surface area contributed by atoms with Gasteiger partial charge in [-0.2, -0.15) is 0 Å². The lowest BCUT2D eigenvalue weighted by Crippen LogP contribution is -2.32. The average molecular weight is 223 g/mol. The molecule has 0 saturated carbocycles. The number of hydrogen-bond donors (Lipinski definition) is 1. The normalized spacial score (nSPS) is 24.6. The maximum atomic E-state index is 11.6. The first kappa shape index (κ1) is 11.2. The van der Waals surface area contributed by atoms with Gasteiger partial charge in [0.05, 0.1) is 12.4 Å². The van der Waals surface area contributed by atoms with E-state index in [-0.39, 0.29) is 12.0 Å². The summed E-state index contributed by atoms with van der Waals surface area (Å²) in [6, 6.07) is 3.38. The molecule has 1 aromatic rings. The van der Waals surface area contributed by atoms with Gasteiger partial charge in [-0.3, -0.25) is 4.79 Å². The topological polar surface area (TPSA) is 51.5 Å². The molecule has 0 aliphatic carbocycles. The predicted molar refractivity (Wildman–Crippen MR) is 59.2 cm³/mol. The van der Waals surface area contributed by atoms with Crippen molar-refractivity contribution in [2.45, 2.75) is 25.9 Å². The minimum absolute atomic E-state index is 0.147. The highest BCUT2D eigenvalue weighted by Gasteiger charge is 2.27. The third kappa shape index (κ3) is 2.44. The van der Waals surface area contributed by atoms with Crippen molar-refractivity contribution in [2.75, 3.05) is 13.2 Å². The zero-order valence-corrected chi connectivity index (χ0v) is 9.44. The maximum absolute atomic E-state index is 11.6. The summed E-state index contributed by atoms with van der Waals surface area (Å²) in [7, 11) is 0. The van der Waals surface area contributed by atoms with E-state index in [4.69, 9.17) is 9.15 Å². The van der Waals surface area contributed by atoms with Crippen LogP contribution in [-0.2, 0) is 4.74 Å². The molecular weight excluding hydrogens is 206 g/mol. The van der Waals surface area contributed by atoms with Gasteiger partial charge in [0.25, 0.3) is 5.91 Å². The second-order valence-electron chi connectivity index (χ2n) is 4.05. The molecule has 1 aliphatic rings. The smallest absolute Gasteiger partial charge is 0.286 e. The minimum atomic E-state index is -0.147. The van der Waals surface area contributed by atoms with Crippen LogP contribution in [0.3, 0.4) is 0 Å². The minimum Gasteiger partial charge on any atom is -0.459 e. The van der Waals surface area contributed by atoms with Crippen LogP contribution in [0.15, 0.2) is 22.8 Å². The number of rotatable bonds is 4. The molecule has 88 valence electrons.